The van der Waals surface area contributed by atoms with E-state index in [2.05, 4.69) is 28.9 Å². The predicted molar refractivity (Wildman–Crippen MR) is 155 cm³/mol. The largest absolute Gasteiger partial charge is 0.507 e. The van der Waals surface area contributed by atoms with Gasteiger partial charge in [0.05, 0.1) is 6.54 Å². The molecule has 1 fully saturated rings. The molecule has 1 aliphatic rings. The van der Waals surface area contributed by atoms with Gasteiger partial charge in [-0.25, -0.2) is 0 Å². The van der Waals surface area contributed by atoms with Gasteiger partial charge in [-0.1, -0.05) is 85.2 Å². The van der Waals surface area contributed by atoms with Crippen LogP contribution in [0, 0.1) is 11.8 Å². The molecule has 38 heavy (non-hydrogen) atoms. The molecular formula is C32H45N3O3. The topological polar surface area (TPSA) is 96.0 Å². The van der Waals surface area contributed by atoms with Crippen molar-refractivity contribution in [3.05, 3.63) is 64.7 Å². The summed E-state index contributed by atoms with van der Waals surface area (Å²) < 4.78 is 0. The maximum Gasteiger partial charge on any atom is 0.239 e. The highest BCUT2D eigenvalue weighted by molar-refractivity contribution is 6.01. The van der Waals surface area contributed by atoms with Crippen LogP contribution in [0.25, 0.3) is 0 Å². The van der Waals surface area contributed by atoms with Crippen molar-refractivity contribution in [1.29, 1.82) is 0 Å². The Morgan fingerprint density at radius 1 is 1.03 bits per heavy atom. The van der Waals surface area contributed by atoms with Gasteiger partial charge in [0.25, 0.3) is 0 Å². The van der Waals surface area contributed by atoms with Crippen LogP contribution in [0.2, 0.25) is 0 Å². The number of nitrogens with zero attached hydrogens (tertiary/aromatic N) is 2. The highest BCUT2D eigenvalue weighted by Crippen LogP contribution is 2.40. The number of amides is 1. The van der Waals surface area contributed by atoms with E-state index in [4.69, 9.17) is 5.73 Å². The molecule has 1 amide bonds. The Bertz CT molecular complexity index is 1140. The summed E-state index contributed by atoms with van der Waals surface area (Å²) in [6, 6.07) is 14.0. The molecule has 3 N–H and O–H groups in total. The quantitative estimate of drug-likeness (QED) is 0.419. The minimum atomic E-state index is -0.482. The molecule has 0 saturated carbocycles. The summed E-state index contributed by atoms with van der Waals surface area (Å²) >= 11 is 0. The second kappa shape index (κ2) is 11.7. The van der Waals surface area contributed by atoms with E-state index in [0.717, 1.165) is 36.2 Å². The highest BCUT2D eigenvalue weighted by Gasteiger charge is 2.39. The second-order valence-corrected chi connectivity index (χ2v) is 12.7. The Morgan fingerprint density at radius 2 is 1.61 bits per heavy atom. The number of phenolic OH excluding ortho intramolecular Hbond substituents is 1. The zero-order valence-electron chi connectivity index (χ0n) is 24.2. The molecule has 0 radical (unpaired) electrons. The van der Waals surface area contributed by atoms with E-state index in [1.54, 1.807) is 0 Å². The lowest BCUT2D eigenvalue weighted by molar-refractivity contribution is -0.116. The molecule has 1 aliphatic heterocycles. The third kappa shape index (κ3) is 7.03. The minimum absolute atomic E-state index is 0.0246. The van der Waals surface area contributed by atoms with Gasteiger partial charge in [-0.15, -0.1) is 0 Å². The molecule has 1 saturated heterocycles. The van der Waals surface area contributed by atoms with Crippen LogP contribution in [0.5, 0.6) is 5.75 Å². The van der Waals surface area contributed by atoms with E-state index < -0.39 is 5.91 Å². The number of aliphatic imine (C=N–C) groups is 1. The van der Waals surface area contributed by atoms with Crippen LogP contribution in [-0.4, -0.2) is 47.2 Å². The van der Waals surface area contributed by atoms with Crippen LogP contribution in [0.1, 0.15) is 88.4 Å². The van der Waals surface area contributed by atoms with Crippen molar-refractivity contribution in [2.24, 2.45) is 22.6 Å². The lowest BCUT2D eigenvalue weighted by Crippen LogP contribution is -2.34. The van der Waals surface area contributed by atoms with E-state index in [1.165, 1.54) is 5.56 Å². The summed E-state index contributed by atoms with van der Waals surface area (Å²) in [5.74, 6) is 0.990. The number of aromatic hydroxyl groups is 1. The van der Waals surface area contributed by atoms with Crippen LogP contribution < -0.4 is 5.73 Å². The van der Waals surface area contributed by atoms with Gasteiger partial charge in [0.1, 0.15) is 18.1 Å². The highest BCUT2D eigenvalue weighted by atomic mass is 16.3. The molecule has 2 aromatic carbocycles. The summed E-state index contributed by atoms with van der Waals surface area (Å²) in [6.07, 6.45) is 2.84. The summed E-state index contributed by atoms with van der Waals surface area (Å²) in [7, 11) is 0. The molecule has 6 heteroatoms. The van der Waals surface area contributed by atoms with Crippen LogP contribution >= 0.6 is 0 Å². The third-order valence-corrected chi connectivity index (χ3v) is 7.42. The SMILES string of the molecule is CCC[C@H]1CN(CC(=O)c2cc(C(C)(C)C)c(O)c(C(C)(C)C)c2)/C(=N/CC(N)=O)[C@@H]1Cc1ccccc1. The van der Waals surface area contributed by atoms with Crippen molar-refractivity contribution < 1.29 is 14.7 Å². The standard InChI is InChI=1S/C32H45N3O3/c1-8-12-22-19-35(30(34-18-28(33)37)24(22)15-21-13-10-9-11-14-21)20-27(36)23-16-25(31(2,3)4)29(38)26(17-23)32(5,6)7/h9-11,13-14,16-17,22,24,38H,8,12,15,18-20H2,1-7H3,(H2,33,37)/b34-30+/t22-,24+/m0/s1. The van der Waals surface area contributed by atoms with Gasteiger partial charge in [0.15, 0.2) is 5.78 Å². The molecule has 0 aliphatic carbocycles. The Balaban J connectivity index is 2.00. The first kappa shape index (κ1) is 29.4. The number of carbonyl (C=O) groups is 2. The lowest BCUT2D eigenvalue weighted by atomic mass is 9.78. The number of carbonyl (C=O) groups excluding carboxylic acids is 2. The number of hydrogen-bond donors (Lipinski definition) is 2. The first-order valence-electron chi connectivity index (χ1n) is 13.7. The van der Waals surface area contributed by atoms with Crippen molar-refractivity contribution >= 4 is 17.5 Å². The monoisotopic (exact) mass is 519 g/mol. The Kier molecular flexibility index (Phi) is 9.06. The maximum absolute atomic E-state index is 13.8. The van der Waals surface area contributed by atoms with E-state index in [-0.39, 0.29) is 41.4 Å². The Hall–Kier alpha value is -3.15. The van der Waals surface area contributed by atoms with Gasteiger partial charge in [0, 0.05) is 29.2 Å². The molecule has 0 aromatic heterocycles. The van der Waals surface area contributed by atoms with Gasteiger partial charge < -0.3 is 15.7 Å². The van der Waals surface area contributed by atoms with Gasteiger partial charge in [-0.3, -0.25) is 14.6 Å². The number of hydrogen-bond acceptors (Lipinski definition) is 4. The fourth-order valence-electron chi connectivity index (χ4n) is 5.46. The average Bonchev–Trinajstić information content (AvgIpc) is 3.12. The van der Waals surface area contributed by atoms with Gasteiger partial charge >= 0.3 is 0 Å². The summed E-state index contributed by atoms with van der Waals surface area (Å²) in [5.41, 5.74) is 8.16. The summed E-state index contributed by atoms with van der Waals surface area (Å²) in [6.45, 7) is 15.2. The Morgan fingerprint density at radius 3 is 2.11 bits per heavy atom. The van der Waals surface area contributed by atoms with Gasteiger partial charge in [-0.05, 0) is 47.3 Å². The summed E-state index contributed by atoms with van der Waals surface area (Å²) in [5, 5.41) is 11.1. The fourth-order valence-corrected chi connectivity index (χ4v) is 5.46. The van der Waals surface area contributed by atoms with Crippen molar-refractivity contribution in [3.63, 3.8) is 0 Å². The van der Waals surface area contributed by atoms with Gasteiger partial charge in [0.2, 0.25) is 5.91 Å². The van der Waals surface area contributed by atoms with Crippen LogP contribution in [0.4, 0.5) is 0 Å². The average molecular weight is 520 g/mol. The molecular weight excluding hydrogens is 474 g/mol. The number of phenols is 1. The molecule has 0 bridgehead atoms. The second-order valence-electron chi connectivity index (χ2n) is 12.7. The molecule has 0 spiro atoms. The third-order valence-electron chi connectivity index (χ3n) is 7.42. The molecule has 2 atom stereocenters. The van der Waals surface area contributed by atoms with E-state index >= 15 is 0 Å². The zero-order valence-corrected chi connectivity index (χ0v) is 24.2. The molecule has 6 nitrogen and oxygen atoms in total. The smallest absolute Gasteiger partial charge is 0.239 e. The predicted octanol–water partition coefficient (Wildman–Crippen LogP) is 5.64. The number of amidine groups is 1. The van der Waals surface area contributed by atoms with Crippen molar-refractivity contribution in [2.75, 3.05) is 19.6 Å². The van der Waals surface area contributed by atoms with E-state index in [1.807, 2.05) is 71.9 Å². The minimum Gasteiger partial charge on any atom is -0.507 e. The Labute approximate surface area is 228 Å². The fraction of sp³-hybridized carbons (Fsp3) is 0.531. The van der Waals surface area contributed by atoms with E-state index in [0.29, 0.717) is 18.0 Å². The zero-order chi connectivity index (χ0) is 28.3. The number of ketones is 1. The van der Waals surface area contributed by atoms with Crippen LogP contribution in [0.3, 0.4) is 0 Å². The molecule has 206 valence electrons. The molecule has 2 aromatic rings. The van der Waals surface area contributed by atoms with Crippen molar-refractivity contribution in [1.82, 2.24) is 4.90 Å². The van der Waals surface area contributed by atoms with Crippen molar-refractivity contribution in [2.45, 2.75) is 78.6 Å². The first-order valence-corrected chi connectivity index (χ1v) is 13.7. The summed E-state index contributed by atoms with van der Waals surface area (Å²) in [4.78, 5) is 32.2. The molecule has 3 rings (SSSR count). The van der Waals surface area contributed by atoms with Crippen molar-refractivity contribution in [3.8, 4) is 5.75 Å². The number of rotatable bonds is 9. The molecule has 0 unspecified atom stereocenters. The number of primary amides is 1. The van der Waals surface area contributed by atoms with Crippen LogP contribution in [-0.2, 0) is 22.0 Å². The first-order chi connectivity index (χ1) is 17.7. The normalized spacial score (nSPS) is 19.2. The number of benzene rings is 2. The van der Waals surface area contributed by atoms with E-state index in [9.17, 15) is 14.7 Å². The number of likely N-dealkylation sites (tertiary alicyclic amines) is 1. The lowest BCUT2D eigenvalue weighted by Gasteiger charge is -2.28. The number of nitrogens with two attached hydrogens (primary N) is 1. The van der Waals surface area contributed by atoms with Gasteiger partial charge in [-0.2, -0.15) is 0 Å². The molecule has 1 heterocycles. The number of Topliss-reactive ketones (excluding diaryl/α,β-unsaturated/α-hetero) is 1. The maximum atomic E-state index is 13.8. The van der Waals surface area contributed by atoms with Crippen LogP contribution in [0.15, 0.2) is 47.5 Å².